The van der Waals surface area contributed by atoms with Crippen LogP contribution in [0, 0.1) is 0 Å². The molecule has 0 saturated carbocycles. The summed E-state index contributed by atoms with van der Waals surface area (Å²) in [5, 5.41) is 10.4. The van der Waals surface area contributed by atoms with Crippen LogP contribution in [-0.4, -0.2) is 35.6 Å². The van der Waals surface area contributed by atoms with Gasteiger partial charge in [0.25, 0.3) is 0 Å². The Balaban J connectivity index is 1.34. The van der Waals surface area contributed by atoms with Gasteiger partial charge in [0.15, 0.2) is 0 Å². The van der Waals surface area contributed by atoms with E-state index in [4.69, 9.17) is 4.74 Å². The Morgan fingerprint density at radius 1 is 0.931 bits per heavy atom. The van der Waals surface area contributed by atoms with Crippen molar-refractivity contribution < 1.29 is 27.8 Å². The van der Waals surface area contributed by atoms with E-state index in [1.807, 2.05) is 12.1 Å². The Kier molecular flexibility index (Phi) is 5.08. The number of aromatic nitrogens is 1. The van der Waals surface area contributed by atoms with E-state index >= 15 is 0 Å². The highest BCUT2D eigenvalue weighted by atomic mass is 19.4. The van der Waals surface area contributed by atoms with Crippen LogP contribution in [0.3, 0.4) is 0 Å². The fourth-order valence-corrected chi connectivity index (χ4v) is 3.39. The van der Waals surface area contributed by atoms with Gasteiger partial charge >= 0.3 is 6.36 Å². The highest BCUT2D eigenvalue weighted by molar-refractivity contribution is 5.81. The molecule has 1 aliphatic rings. The molecule has 0 amide bonds. The molecule has 8 heteroatoms. The van der Waals surface area contributed by atoms with Crippen LogP contribution in [0.1, 0.15) is 12.8 Å². The lowest BCUT2D eigenvalue weighted by Gasteiger charge is -2.33. The summed E-state index contributed by atoms with van der Waals surface area (Å²) in [7, 11) is 0. The fraction of sp³-hybridized carbons (Fsp3) is 0.286. The lowest BCUT2D eigenvalue weighted by Crippen LogP contribution is -2.38. The van der Waals surface area contributed by atoms with Gasteiger partial charge in [-0.2, -0.15) is 0 Å². The summed E-state index contributed by atoms with van der Waals surface area (Å²) in [6.45, 7) is 1.52. The van der Waals surface area contributed by atoms with Gasteiger partial charge in [-0.05, 0) is 54.6 Å². The molecule has 2 heterocycles. The normalized spacial score (nSPS) is 15.5. The van der Waals surface area contributed by atoms with Crippen LogP contribution in [0.2, 0.25) is 0 Å². The number of hydrogen-bond acceptors (Lipinski definition) is 5. The van der Waals surface area contributed by atoms with E-state index < -0.39 is 6.36 Å². The van der Waals surface area contributed by atoms with Crippen LogP contribution in [0.5, 0.6) is 17.2 Å². The van der Waals surface area contributed by atoms with Gasteiger partial charge in [-0.15, -0.1) is 13.2 Å². The molecular formula is C21H19F3N2O3. The van der Waals surface area contributed by atoms with Gasteiger partial charge < -0.3 is 19.5 Å². The third-order valence-corrected chi connectivity index (χ3v) is 4.78. The van der Waals surface area contributed by atoms with Gasteiger partial charge in [0.1, 0.15) is 29.2 Å². The van der Waals surface area contributed by atoms with Crippen molar-refractivity contribution in [2.45, 2.75) is 25.3 Å². The van der Waals surface area contributed by atoms with Gasteiger partial charge in [-0.25, -0.2) is 4.98 Å². The molecule has 0 spiro atoms. The topological polar surface area (TPSA) is 54.8 Å². The molecule has 1 N–H and O–H groups in total. The average molecular weight is 404 g/mol. The lowest BCUT2D eigenvalue weighted by molar-refractivity contribution is -0.274. The van der Waals surface area contributed by atoms with E-state index in [0.29, 0.717) is 5.75 Å². The third kappa shape index (κ3) is 4.82. The Hall–Kier alpha value is -3.16. The number of hydrogen-bond donors (Lipinski definition) is 1. The monoisotopic (exact) mass is 404 g/mol. The number of benzene rings is 2. The predicted molar refractivity (Wildman–Crippen MR) is 102 cm³/mol. The van der Waals surface area contributed by atoms with E-state index in [1.165, 1.54) is 24.3 Å². The summed E-state index contributed by atoms with van der Waals surface area (Å²) in [5.74, 6) is 1.33. The number of pyridine rings is 1. The van der Waals surface area contributed by atoms with Gasteiger partial charge in [0, 0.05) is 31.3 Å². The molecule has 152 valence electrons. The summed E-state index contributed by atoms with van der Waals surface area (Å²) < 4.78 is 46.4. The summed E-state index contributed by atoms with van der Waals surface area (Å²) in [6.07, 6.45) is -3.17. The Morgan fingerprint density at radius 3 is 2.31 bits per heavy atom. The number of piperidine rings is 1. The Morgan fingerprint density at radius 2 is 1.62 bits per heavy atom. The van der Waals surface area contributed by atoms with Crippen LogP contribution in [0.4, 0.5) is 19.0 Å². The van der Waals surface area contributed by atoms with Crippen LogP contribution in [-0.2, 0) is 0 Å². The molecule has 1 aliphatic heterocycles. The quantitative estimate of drug-likeness (QED) is 0.671. The first-order valence-corrected chi connectivity index (χ1v) is 9.23. The highest BCUT2D eigenvalue weighted by Crippen LogP contribution is 2.28. The van der Waals surface area contributed by atoms with E-state index in [-0.39, 0.29) is 17.6 Å². The summed E-state index contributed by atoms with van der Waals surface area (Å²) in [5.41, 5.74) is 0.819. The van der Waals surface area contributed by atoms with Crippen LogP contribution < -0.4 is 14.4 Å². The number of aromatic hydroxyl groups is 1. The number of nitrogens with zero attached hydrogens (tertiary/aromatic N) is 2. The summed E-state index contributed by atoms with van der Waals surface area (Å²) in [6, 6.07) is 14.4. The molecule has 0 radical (unpaired) electrons. The maximum atomic E-state index is 12.2. The van der Waals surface area contributed by atoms with Crippen LogP contribution in [0.25, 0.3) is 10.9 Å². The number of ether oxygens (including phenoxy) is 2. The fourth-order valence-electron chi connectivity index (χ4n) is 3.39. The minimum absolute atomic E-state index is 0.0157. The number of halogens is 3. The number of rotatable bonds is 4. The van der Waals surface area contributed by atoms with Gasteiger partial charge in [-0.1, -0.05) is 0 Å². The number of fused-ring (bicyclic) bond motifs is 1. The van der Waals surface area contributed by atoms with Crippen molar-refractivity contribution in [2.24, 2.45) is 0 Å². The van der Waals surface area contributed by atoms with Crippen molar-refractivity contribution in [2.75, 3.05) is 18.0 Å². The standard InChI is InChI=1S/C21H19F3N2O3/c22-21(23,24)29-18-5-3-16(4-6-18)28-17-9-11-26(12-10-17)20-8-1-14-13-15(27)2-7-19(14)25-20/h1-8,13,17,27H,9-12H2. The first-order valence-electron chi connectivity index (χ1n) is 9.23. The lowest BCUT2D eigenvalue weighted by atomic mass is 10.1. The maximum Gasteiger partial charge on any atom is 0.573 e. The van der Waals surface area contributed by atoms with Crippen LogP contribution >= 0.6 is 0 Å². The van der Waals surface area contributed by atoms with Crippen molar-refractivity contribution in [1.82, 2.24) is 4.98 Å². The molecule has 2 aromatic carbocycles. The zero-order valence-electron chi connectivity index (χ0n) is 15.4. The molecule has 1 aromatic heterocycles. The maximum absolute atomic E-state index is 12.2. The van der Waals surface area contributed by atoms with E-state index in [9.17, 15) is 18.3 Å². The summed E-state index contributed by atoms with van der Waals surface area (Å²) >= 11 is 0. The van der Waals surface area contributed by atoms with E-state index in [1.54, 1.807) is 18.2 Å². The highest BCUT2D eigenvalue weighted by Gasteiger charge is 2.31. The zero-order valence-corrected chi connectivity index (χ0v) is 15.4. The Bertz CT molecular complexity index is 985. The second-order valence-electron chi connectivity index (χ2n) is 6.87. The van der Waals surface area contributed by atoms with Crippen molar-refractivity contribution >= 4 is 16.7 Å². The van der Waals surface area contributed by atoms with Gasteiger partial charge in [-0.3, -0.25) is 0 Å². The molecule has 0 aliphatic carbocycles. The second kappa shape index (κ2) is 7.69. The van der Waals surface area contributed by atoms with Crippen molar-refractivity contribution in [1.29, 1.82) is 0 Å². The first-order chi connectivity index (χ1) is 13.9. The molecule has 3 aromatic rings. The molecular weight excluding hydrogens is 385 g/mol. The number of phenolic OH excluding ortho intramolecular Hbond substituents is 1. The zero-order chi connectivity index (χ0) is 20.4. The van der Waals surface area contributed by atoms with E-state index in [2.05, 4.69) is 14.6 Å². The van der Waals surface area contributed by atoms with Crippen molar-refractivity contribution in [3.63, 3.8) is 0 Å². The third-order valence-electron chi connectivity index (χ3n) is 4.78. The second-order valence-corrected chi connectivity index (χ2v) is 6.87. The van der Waals surface area contributed by atoms with Crippen molar-refractivity contribution in [3.05, 3.63) is 54.6 Å². The minimum Gasteiger partial charge on any atom is -0.508 e. The smallest absolute Gasteiger partial charge is 0.508 e. The van der Waals surface area contributed by atoms with Crippen LogP contribution in [0.15, 0.2) is 54.6 Å². The molecule has 0 unspecified atom stereocenters. The predicted octanol–water partition coefficient (Wildman–Crippen LogP) is 4.89. The molecule has 4 rings (SSSR count). The largest absolute Gasteiger partial charge is 0.573 e. The first kappa shape index (κ1) is 19.2. The molecule has 5 nitrogen and oxygen atoms in total. The number of alkyl halides is 3. The SMILES string of the molecule is Oc1ccc2nc(N3CCC(Oc4ccc(OC(F)(F)F)cc4)CC3)ccc2c1. The Labute approximate surface area is 165 Å². The van der Waals surface area contributed by atoms with Crippen molar-refractivity contribution in [3.8, 4) is 17.2 Å². The molecule has 29 heavy (non-hydrogen) atoms. The van der Waals surface area contributed by atoms with Gasteiger partial charge in [0.2, 0.25) is 0 Å². The molecule has 0 bridgehead atoms. The number of anilines is 1. The van der Waals surface area contributed by atoms with E-state index in [0.717, 1.165) is 42.7 Å². The summed E-state index contributed by atoms with van der Waals surface area (Å²) in [4.78, 5) is 6.83. The molecule has 1 fully saturated rings. The number of phenols is 1. The van der Waals surface area contributed by atoms with Gasteiger partial charge in [0.05, 0.1) is 5.52 Å². The average Bonchev–Trinajstić information content (AvgIpc) is 2.69. The molecule has 0 atom stereocenters. The minimum atomic E-state index is -4.70. The molecule has 1 saturated heterocycles.